The monoisotopic (exact) mass is 368 g/mol. The number of rotatable bonds is 4. The van der Waals surface area contributed by atoms with E-state index in [1.54, 1.807) is 6.20 Å². The summed E-state index contributed by atoms with van der Waals surface area (Å²) in [7, 11) is 0. The van der Waals surface area contributed by atoms with E-state index in [0.29, 0.717) is 22.4 Å². The van der Waals surface area contributed by atoms with Crippen LogP contribution in [0.3, 0.4) is 0 Å². The first-order valence-corrected chi connectivity index (χ1v) is 8.84. The Labute approximate surface area is 152 Å². The number of benzene rings is 2. The molecule has 0 saturated heterocycles. The normalized spacial score (nSPS) is 11.6. The Bertz CT molecular complexity index is 1040. The lowest BCUT2D eigenvalue weighted by molar-refractivity contribution is 0.429. The van der Waals surface area contributed by atoms with Gasteiger partial charge in [-0.1, -0.05) is 41.9 Å². The first-order chi connectivity index (χ1) is 12.2. The van der Waals surface area contributed by atoms with Crippen molar-refractivity contribution < 1.29 is 5.11 Å². The number of aromatic hydroxyl groups is 1. The molecule has 0 aliphatic carbocycles. The number of halogens is 1. The first-order valence-electron chi connectivity index (χ1n) is 7.58. The fourth-order valence-corrected chi connectivity index (χ4v) is 3.24. The van der Waals surface area contributed by atoms with Gasteiger partial charge in [-0.05, 0) is 23.8 Å². The minimum Gasteiger partial charge on any atom is -0.493 e. The minimum absolute atomic E-state index is 0.0801. The summed E-state index contributed by atoms with van der Waals surface area (Å²) in [6.45, 7) is 0.510. The molecule has 7 heteroatoms. The predicted molar refractivity (Wildman–Crippen MR) is 100 cm³/mol. The number of azo groups is 1. The van der Waals surface area contributed by atoms with Crippen molar-refractivity contribution in [2.45, 2.75) is 6.54 Å². The zero-order valence-corrected chi connectivity index (χ0v) is 14.6. The maximum atomic E-state index is 10.7. The fourth-order valence-electron chi connectivity index (χ4n) is 2.66. The summed E-state index contributed by atoms with van der Waals surface area (Å²) in [5.41, 5.74) is 2.37. The largest absolute Gasteiger partial charge is 0.493 e. The molecule has 0 bridgehead atoms. The molecule has 0 unspecified atom stereocenters. The number of fused-ring (bicyclic) bond motifs is 1. The molecule has 5 nitrogen and oxygen atoms in total. The maximum Gasteiger partial charge on any atom is 0.229 e. The number of hydrogen-bond acceptors (Lipinski definition) is 5. The molecule has 2 heterocycles. The molecule has 0 aliphatic rings. The van der Waals surface area contributed by atoms with Crippen LogP contribution < -0.4 is 0 Å². The summed E-state index contributed by atoms with van der Waals surface area (Å²) in [6.07, 6.45) is 1.67. The molecular formula is C18H13ClN4OS. The standard InChI is InChI=1S/C18H13ClN4OS/c19-13-7-5-12(6-8-13)11-23-15-4-2-1-3-14(15)16(17(23)24)21-22-18-20-9-10-25-18/h1-10,24H,11H2. The smallest absolute Gasteiger partial charge is 0.229 e. The number of hydrogen-bond donors (Lipinski definition) is 1. The van der Waals surface area contributed by atoms with Crippen molar-refractivity contribution in [2.75, 3.05) is 0 Å². The van der Waals surface area contributed by atoms with E-state index in [9.17, 15) is 5.11 Å². The first kappa shape index (κ1) is 15.8. The fraction of sp³-hybridized carbons (Fsp3) is 0.0556. The second kappa shape index (κ2) is 6.66. The van der Waals surface area contributed by atoms with Crippen LogP contribution in [0.2, 0.25) is 5.02 Å². The van der Waals surface area contributed by atoms with E-state index in [4.69, 9.17) is 11.6 Å². The highest BCUT2D eigenvalue weighted by molar-refractivity contribution is 7.13. The van der Waals surface area contributed by atoms with E-state index in [2.05, 4.69) is 15.2 Å². The summed E-state index contributed by atoms with van der Waals surface area (Å²) < 4.78 is 1.81. The quantitative estimate of drug-likeness (QED) is 0.454. The van der Waals surface area contributed by atoms with E-state index >= 15 is 0 Å². The van der Waals surface area contributed by atoms with Crippen LogP contribution in [0, 0.1) is 0 Å². The van der Waals surface area contributed by atoms with Crippen molar-refractivity contribution in [3.8, 4) is 5.88 Å². The van der Waals surface area contributed by atoms with E-state index in [-0.39, 0.29) is 5.88 Å². The molecule has 4 aromatic rings. The van der Waals surface area contributed by atoms with Gasteiger partial charge in [-0.25, -0.2) is 4.98 Å². The Morgan fingerprint density at radius 2 is 1.88 bits per heavy atom. The van der Waals surface area contributed by atoms with E-state index < -0.39 is 0 Å². The van der Waals surface area contributed by atoms with Crippen molar-refractivity contribution in [3.05, 3.63) is 70.7 Å². The van der Waals surface area contributed by atoms with Crippen molar-refractivity contribution in [2.24, 2.45) is 10.2 Å². The number of thiazole rings is 1. The molecule has 124 valence electrons. The maximum absolute atomic E-state index is 10.7. The van der Waals surface area contributed by atoms with Gasteiger partial charge in [0.25, 0.3) is 0 Å². The van der Waals surface area contributed by atoms with Crippen LogP contribution in [-0.4, -0.2) is 14.7 Å². The number of nitrogens with zero attached hydrogens (tertiary/aromatic N) is 4. The molecule has 0 saturated carbocycles. The van der Waals surface area contributed by atoms with Crippen LogP contribution in [0.15, 0.2) is 70.3 Å². The summed E-state index contributed by atoms with van der Waals surface area (Å²) >= 11 is 7.34. The van der Waals surface area contributed by atoms with E-state index in [0.717, 1.165) is 16.5 Å². The summed E-state index contributed by atoms with van der Waals surface area (Å²) in [6, 6.07) is 15.3. The topological polar surface area (TPSA) is 62.8 Å². The molecule has 25 heavy (non-hydrogen) atoms. The molecule has 4 rings (SSSR count). The third-order valence-corrected chi connectivity index (χ3v) is 4.73. The molecule has 0 fully saturated rings. The molecule has 0 amide bonds. The van der Waals surface area contributed by atoms with Gasteiger partial charge >= 0.3 is 0 Å². The molecular weight excluding hydrogens is 356 g/mol. The minimum atomic E-state index is 0.0801. The third kappa shape index (κ3) is 3.14. The summed E-state index contributed by atoms with van der Waals surface area (Å²) in [4.78, 5) is 4.08. The average molecular weight is 369 g/mol. The Kier molecular flexibility index (Phi) is 4.21. The van der Waals surface area contributed by atoms with Crippen LogP contribution >= 0.6 is 22.9 Å². The van der Waals surface area contributed by atoms with Crippen LogP contribution in [0.1, 0.15) is 5.56 Å². The molecule has 2 aromatic heterocycles. The van der Waals surface area contributed by atoms with Crippen molar-refractivity contribution >= 4 is 44.7 Å². The number of aromatic nitrogens is 2. The highest BCUT2D eigenvalue weighted by Crippen LogP contribution is 2.40. The van der Waals surface area contributed by atoms with Crippen LogP contribution in [-0.2, 0) is 6.54 Å². The summed E-state index contributed by atoms with van der Waals surface area (Å²) in [5, 5.41) is 23.0. The van der Waals surface area contributed by atoms with E-state index in [1.807, 2.05) is 58.5 Å². The molecule has 0 aliphatic heterocycles. The summed E-state index contributed by atoms with van der Waals surface area (Å²) in [5.74, 6) is 0.0801. The Balaban J connectivity index is 1.79. The number of para-hydroxylation sites is 1. The van der Waals surface area contributed by atoms with Gasteiger partial charge in [0.15, 0.2) is 5.69 Å². The van der Waals surface area contributed by atoms with Gasteiger partial charge in [-0.2, -0.15) is 0 Å². The Morgan fingerprint density at radius 3 is 2.64 bits per heavy atom. The Morgan fingerprint density at radius 1 is 1.08 bits per heavy atom. The second-order valence-electron chi connectivity index (χ2n) is 5.42. The average Bonchev–Trinajstić information content (AvgIpc) is 3.23. The van der Waals surface area contributed by atoms with Crippen LogP contribution in [0.5, 0.6) is 5.88 Å². The van der Waals surface area contributed by atoms with E-state index in [1.165, 1.54) is 11.3 Å². The second-order valence-corrected chi connectivity index (χ2v) is 6.73. The van der Waals surface area contributed by atoms with Gasteiger partial charge in [-0.3, -0.25) is 0 Å². The predicted octanol–water partition coefficient (Wildman–Crippen LogP) is 5.92. The van der Waals surface area contributed by atoms with Gasteiger partial charge in [0, 0.05) is 22.0 Å². The SMILES string of the molecule is Oc1c(N=Nc2nccs2)c2ccccc2n1Cc1ccc(Cl)cc1. The molecule has 0 radical (unpaired) electrons. The van der Waals surface area contributed by atoms with Gasteiger partial charge in [0.05, 0.1) is 12.1 Å². The lowest BCUT2D eigenvalue weighted by Gasteiger charge is -2.07. The molecule has 2 aromatic carbocycles. The van der Waals surface area contributed by atoms with Crippen molar-refractivity contribution in [3.63, 3.8) is 0 Å². The van der Waals surface area contributed by atoms with Gasteiger partial charge < -0.3 is 9.67 Å². The van der Waals surface area contributed by atoms with Gasteiger partial charge in [0.2, 0.25) is 11.0 Å². The highest BCUT2D eigenvalue weighted by atomic mass is 35.5. The lowest BCUT2D eigenvalue weighted by Crippen LogP contribution is -1.98. The Hall–Kier alpha value is -2.70. The highest BCUT2D eigenvalue weighted by Gasteiger charge is 2.16. The molecule has 0 spiro atoms. The van der Waals surface area contributed by atoms with Crippen molar-refractivity contribution in [1.82, 2.24) is 9.55 Å². The van der Waals surface area contributed by atoms with Crippen LogP contribution in [0.25, 0.3) is 10.9 Å². The lowest BCUT2D eigenvalue weighted by atomic mass is 10.2. The molecule has 1 N–H and O–H groups in total. The van der Waals surface area contributed by atoms with Gasteiger partial charge in [0.1, 0.15) is 0 Å². The third-order valence-electron chi connectivity index (χ3n) is 3.83. The van der Waals surface area contributed by atoms with Gasteiger partial charge in [-0.15, -0.1) is 21.6 Å². The zero-order chi connectivity index (χ0) is 17.2. The zero-order valence-electron chi connectivity index (χ0n) is 13.0. The van der Waals surface area contributed by atoms with Crippen LogP contribution in [0.4, 0.5) is 10.8 Å². The van der Waals surface area contributed by atoms with Crippen molar-refractivity contribution in [1.29, 1.82) is 0 Å². The molecule has 0 atom stereocenters.